The summed E-state index contributed by atoms with van der Waals surface area (Å²) in [5.41, 5.74) is 4.90. The van der Waals surface area contributed by atoms with Gasteiger partial charge in [0.25, 0.3) is 0 Å². The molecule has 20 heavy (non-hydrogen) atoms. The van der Waals surface area contributed by atoms with Crippen LogP contribution in [0.1, 0.15) is 21.5 Å². The Hall–Kier alpha value is -1.81. The summed E-state index contributed by atoms with van der Waals surface area (Å²) in [4.78, 5) is 11.6. The summed E-state index contributed by atoms with van der Waals surface area (Å²) in [6, 6.07) is 14.2. The average Bonchev–Trinajstić information content (AvgIpc) is 2.73. The van der Waals surface area contributed by atoms with Gasteiger partial charge in [-0.1, -0.05) is 51.8 Å². The van der Waals surface area contributed by atoms with Crippen LogP contribution >= 0.6 is 15.9 Å². The zero-order valence-electron chi connectivity index (χ0n) is 11.3. The van der Waals surface area contributed by atoms with Crippen LogP contribution in [0.3, 0.4) is 0 Å². The molecule has 3 aromatic rings. The van der Waals surface area contributed by atoms with Crippen molar-refractivity contribution < 1.29 is 4.42 Å². The van der Waals surface area contributed by atoms with E-state index >= 15 is 0 Å². The maximum Gasteiger partial charge on any atom is 0.419 e. The van der Waals surface area contributed by atoms with E-state index in [0.717, 1.165) is 11.1 Å². The maximum atomic E-state index is 11.5. The van der Waals surface area contributed by atoms with Gasteiger partial charge in [0.15, 0.2) is 5.58 Å². The van der Waals surface area contributed by atoms with Crippen molar-refractivity contribution in [3.8, 4) is 0 Å². The van der Waals surface area contributed by atoms with E-state index in [1.54, 1.807) is 7.05 Å². The summed E-state index contributed by atoms with van der Waals surface area (Å²) in [7, 11) is 1.71. The van der Waals surface area contributed by atoms with E-state index in [0.29, 0.717) is 5.58 Å². The fourth-order valence-corrected chi connectivity index (χ4v) is 2.90. The molecule has 0 aliphatic heterocycles. The number of aromatic nitrogens is 1. The summed E-state index contributed by atoms with van der Waals surface area (Å²) >= 11 is 3.71. The van der Waals surface area contributed by atoms with Gasteiger partial charge in [0.2, 0.25) is 0 Å². The van der Waals surface area contributed by atoms with Gasteiger partial charge in [0, 0.05) is 7.05 Å². The number of hydrogen-bond donors (Lipinski definition) is 0. The molecule has 0 amide bonds. The second kappa shape index (κ2) is 4.94. The lowest BCUT2D eigenvalue weighted by Gasteiger charge is -2.11. The number of benzene rings is 2. The van der Waals surface area contributed by atoms with Crippen molar-refractivity contribution in [2.45, 2.75) is 11.8 Å². The molecule has 0 spiro atoms. The number of aryl methyl sites for hydroxylation is 2. The lowest BCUT2D eigenvalue weighted by molar-refractivity contribution is 0.528. The molecule has 0 bridgehead atoms. The second-order valence-corrected chi connectivity index (χ2v) is 5.85. The topological polar surface area (TPSA) is 35.1 Å². The highest BCUT2D eigenvalue weighted by Crippen LogP contribution is 2.32. The summed E-state index contributed by atoms with van der Waals surface area (Å²) < 4.78 is 6.74. The van der Waals surface area contributed by atoms with Crippen molar-refractivity contribution in [1.82, 2.24) is 4.57 Å². The van der Waals surface area contributed by atoms with Crippen molar-refractivity contribution in [2.24, 2.45) is 7.05 Å². The molecule has 0 N–H and O–H groups in total. The van der Waals surface area contributed by atoms with Crippen LogP contribution in [0.2, 0.25) is 0 Å². The minimum absolute atomic E-state index is 0.0808. The normalized spacial score (nSPS) is 12.8. The fraction of sp³-hybridized carbons (Fsp3) is 0.188. The van der Waals surface area contributed by atoms with E-state index in [9.17, 15) is 4.79 Å². The van der Waals surface area contributed by atoms with E-state index in [4.69, 9.17) is 4.42 Å². The minimum atomic E-state index is -0.334. The van der Waals surface area contributed by atoms with Crippen LogP contribution in [0.5, 0.6) is 0 Å². The largest absolute Gasteiger partial charge is 0.419 e. The third-order valence-corrected chi connectivity index (χ3v) is 4.50. The number of oxazole rings is 1. The fourth-order valence-electron chi connectivity index (χ4n) is 2.33. The zero-order chi connectivity index (χ0) is 14.3. The van der Waals surface area contributed by atoms with Crippen LogP contribution in [0.4, 0.5) is 0 Å². The van der Waals surface area contributed by atoms with Gasteiger partial charge in [-0.05, 0) is 30.2 Å². The second-order valence-electron chi connectivity index (χ2n) is 4.93. The highest BCUT2D eigenvalue weighted by molar-refractivity contribution is 9.09. The van der Waals surface area contributed by atoms with Gasteiger partial charge in [-0.25, -0.2) is 4.79 Å². The van der Waals surface area contributed by atoms with E-state index < -0.39 is 0 Å². The van der Waals surface area contributed by atoms with Gasteiger partial charge in [-0.3, -0.25) is 4.57 Å². The lowest BCUT2D eigenvalue weighted by atomic mass is 10.0. The predicted octanol–water partition coefficient (Wildman–Crippen LogP) is 3.92. The van der Waals surface area contributed by atoms with Crippen molar-refractivity contribution >= 4 is 27.0 Å². The SMILES string of the molecule is Cc1cccc(C(Br)c2ccc3c(c2)oc(=O)n3C)c1. The van der Waals surface area contributed by atoms with Crippen LogP contribution in [0.15, 0.2) is 51.7 Å². The molecule has 0 saturated carbocycles. The van der Waals surface area contributed by atoms with Gasteiger partial charge in [0.05, 0.1) is 10.3 Å². The third-order valence-electron chi connectivity index (χ3n) is 3.44. The van der Waals surface area contributed by atoms with E-state index in [-0.39, 0.29) is 10.6 Å². The number of nitrogens with zero attached hydrogens (tertiary/aromatic N) is 1. The Bertz CT molecular complexity index is 832. The molecule has 3 rings (SSSR count). The standard InChI is InChI=1S/C16H14BrNO2/c1-10-4-3-5-11(8-10)15(17)12-6-7-13-14(9-12)20-16(19)18(13)2/h3-9,15H,1-2H3. The van der Waals surface area contributed by atoms with Crippen LogP contribution in [0, 0.1) is 6.92 Å². The Morgan fingerprint density at radius 3 is 2.65 bits per heavy atom. The number of fused-ring (bicyclic) bond motifs is 1. The average molecular weight is 332 g/mol. The molecule has 0 saturated heterocycles. The quantitative estimate of drug-likeness (QED) is 0.667. The maximum absolute atomic E-state index is 11.5. The highest BCUT2D eigenvalue weighted by atomic mass is 79.9. The summed E-state index contributed by atoms with van der Waals surface area (Å²) in [5.74, 6) is -0.334. The molecule has 102 valence electrons. The van der Waals surface area contributed by atoms with E-state index in [1.807, 2.05) is 24.3 Å². The van der Waals surface area contributed by atoms with Gasteiger partial charge in [-0.2, -0.15) is 0 Å². The Morgan fingerprint density at radius 2 is 1.90 bits per heavy atom. The number of halogens is 1. The predicted molar refractivity (Wildman–Crippen MR) is 83.4 cm³/mol. The first kappa shape index (κ1) is 13.2. The molecular formula is C16H14BrNO2. The van der Waals surface area contributed by atoms with Gasteiger partial charge < -0.3 is 4.42 Å². The highest BCUT2D eigenvalue weighted by Gasteiger charge is 2.13. The number of alkyl halides is 1. The molecular weight excluding hydrogens is 318 g/mol. The molecule has 0 radical (unpaired) electrons. The van der Waals surface area contributed by atoms with Crippen molar-refractivity contribution in [3.05, 3.63) is 69.7 Å². The summed E-state index contributed by atoms with van der Waals surface area (Å²) in [6.45, 7) is 2.07. The number of rotatable bonds is 2. The molecule has 4 heteroatoms. The molecule has 1 aromatic heterocycles. The van der Waals surface area contributed by atoms with Crippen molar-refractivity contribution in [2.75, 3.05) is 0 Å². The number of hydrogen-bond acceptors (Lipinski definition) is 2. The van der Waals surface area contributed by atoms with Crippen LogP contribution < -0.4 is 5.76 Å². The first-order chi connectivity index (χ1) is 9.56. The minimum Gasteiger partial charge on any atom is -0.408 e. The van der Waals surface area contributed by atoms with Crippen LogP contribution in [-0.2, 0) is 7.05 Å². The molecule has 0 aliphatic carbocycles. The van der Waals surface area contributed by atoms with Gasteiger partial charge in [-0.15, -0.1) is 0 Å². The van der Waals surface area contributed by atoms with E-state index in [1.165, 1.54) is 15.7 Å². The van der Waals surface area contributed by atoms with Crippen molar-refractivity contribution in [3.63, 3.8) is 0 Å². The Kier molecular flexibility index (Phi) is 3.26. The first-order valence-corrected chi connectivity index (χ1v) is 7.28. The molecule has 0 aliphatic rings. The smallest absolute Gasteiger partial charge is 0.408 e. The third kappa shape index (κ3) is 2.20. The van der Waals surface area contributed by atoms with E-state index in [2.05, 4.69) is 41.1 Å². The first-order valence-electron chi connectivity index (χ1n) is 6.36. The lowest BCUT2D eigenvalue weighted by Crippen LogP contribution is -2.08. The molecule has 1 unspecified atom stereocenters. The van der Waals surface area contributed by atoms with Crippen molar-refractivity contribution in [1.29, 1.82) is 0 Å². The molecule has 0 fully saturated rings. The molecule has 1 heterocycles. The summed E-state index contributed by atoms with van der Waals surface area (Å²) in [6.07, 6.45) is 0. The summed E-state index contributed by atoms with van der Waals surface area (Å²) in [5, 5.41) is 0. The molecule has 2 aromatic carbocycles. The Morgan fingerprint density at radius 1 is 1.15 bits per heavy atom. The molecule has 3 nitrogen and oxygen atoms in total. The van der Waals surface area contributed by atoms with Gasteiger partial charge in [0.1, 0.15) is 0 Å². The van der Waals surface area contributed by atoms with Gasteiger partial charge >= 0.3 is 5.76 Å². The molecule has 1 atom stereocenters. The van der Waals surface area contributed by atoms with Crippen LogP contribution in [0.25, 0.3) is 11.1 Å². The Balaban J connectivity index is 2.08. The monoisotopic (exact) mass is 331 g/mol. The Labute approximate surface area is 125 Å². The van der Waals surface area contributed by atoms with Crippen LogP contribution in [-0.4, -0.2) is 4.57 Å². The zero-order valence-corrected chi connectivity index (χ0v) is 12.8.